The number of amides is 2. The highest BCUT2D eigenvalue weighted by molar-refractivity contribution is 7.99. The van der Waals surface area contributed by atoms with E-state index in [1.54, 1.807) is 11.8 Å². The summed E-state index contributed by atoms with van der Waals surface area (Å²) in [5, 5.41) is 26.5. The molecular weight excluding hydrogens is 793 g/mol. The molecule has 4 unspecified atom stereocenters. The van der Waals surface area contributed by atoms with E-state index in [0.29, 0.717) is 12.3 Å². The van der Waals surface area contributed by atoms with Crippen molar-refractivity contribution >= 4 is 64.0 Å². The zero-order chi connectivity index (χ0) is 39.8. The number of carbonyl (C=O) groups excluding carboxylic acids is 2. The normalized spacial score (nSPS) is 22.9. The number of nitrogens with zero attached hydrogens (tertiary/aromatic N) is 4. The number of nitrogen functional groups attached to an aromatic ring is 1. The van der Waals surface area contributed by atoms with Gasteiger partial charge in [-0.1, -0.05) is 13.8 Å². The Kier molecular flexibility index (Phi) is 16.3. The Balaban J connectivity index is 1.51. The van der Waals surface area contributed by atoms with Crippen molar-refractivity contribution in [2.24, 2.45) is 11.1 Å². The molecule has 53 heavy (non-hydrogen) atoms. The van der Waals surface area contributed by atoms with Gasteiger partial charge in [-0.05, 0) is 19.1 Å². The summed E-state index contributed by atoms with van der Waals surface area (Å²) in [6.07, 6.45) is -5.89. The van der Waals surface area contributed by atoms with Crippen molar-refractivity contribution in [2.45, 2.75) is 70.3 Å². The maximum absolute atomic E-state index is 12.6. The van der Waals surface area contributed by atoms with Crippen molar-refractivity contribution in [3.05, 3.63) is 12.7 Å². The Morgan fingerprint density at radius 1 is 1.08 bits per heavy atom. The molecule has 0 radical (unpaired) electrons. The summed E-state index contributed by atoms with van der Waals surface area (Å²) in [4.78, 5) is 75.4. The highest BCUT2D eigenvalue weighted by Crippen LogP contribution is 2.61. The van der Waals surface area contributed by atoms with E-state index < -0.39 is 78.6 Å². The molecule has 0 aromatic carbocycles. The summed E-state index contributed by atoms with van der Waals surface area (Å²) >= 11 is 1.63. The van der Waals surface area contributed by atoms with Gasteiger partial charge in [0.2, 0.25) is 11.8 Å². The first-order chi connectivity index (χ1) is 24.5. The van der Waals surface area contributed by atoms with Crippen LogP contribution in [0.25, 0.3) is 11.2 Å². The highest BCUT2D eigenvalue weighted by atomic mass is 32.2. The predicted molar refractivity (Wildman–Crippen MR) is 185 cm³/mol. The lowest BCUT2D eigenvalue weighted by Gasteiger charge is -2.30. The number of aliphatic hydroxyl groups excluding tert-OH is 2. The van der Waals surface area contributed by atoms with Gasteiger partial charge in [0.1, 0.15) is 36.3 Å². The standard InChI is InChI=1S/C25H45N8O16P3S/c1-14(26)5-8-53-9-7-28-16(34)4-6-29-23(37)20(36)25(2,3)11-46-52(43,44)49-51(41,42)45-10-15-19(48-50(38,39)40)18(35)24(47-15)33-13-32-17-21(27)30-12-31-22(17)33/h12-15,18-20,24,35-36H,4-11,26H2,1-3H3,(H,28,34)(H,29,37)(H,41,42)(H,43,44)(H2,27,30,31)(H2,38,39,40)/t14?,15-,18-,19-,20?,24-/m1/s1. The third kappa shape index (κ3) is 14.1. The quantitative estimate of drug-likeness (QED) is 0.0495. The van der Waals surface area contributed by atoms with Gasteiger partial charge in [0.15, 0.2) is 17.7 Å². The molecule has 24 nitrogen and oxygen atoms in total. The molecular formula is C25H45N8O16P3S. The minimum absolute atomic E-state index is 0.0363. The molecule has 2 aromatic heterocycles. The van der Waals surface area contributed by atoms with E-state index in [9.17, 15) is 53.1 Å². The van der Waals surface area contributed by atoms with Crippen LogP contribution >= 0.6 is 35.2 Å². The van der Waals surface area contributed by atoms with E-state index in [4.69, 9.17) is 25.3 Å². The number of nitrogens with two attached hydrogens (primary N) is 2. The molecule has 1 fully saturated rings. The molecule has 302 valence electrons. The number of phosphoric ester groups is 3. The van der Waals surface area contributed by atoms with Crippen LogP contribution < -0.4 is 22.1 Å². The molecule has 0 spiro atoms. The number of phosphoric acid groups is 3. The second-order valence-electron chi connectivity index (χ2n) is 12.4. The van der Waals surface area contributed by atoms with Gasteiger partial charge in [0.05, 0.1) is 19.5 Å². The lowest BCUT2D eigenvalue weighted by atomic mass is 9.87. The van der Waals surface area contributed by atoms with Gasteiger partial charge in [0.25, 0.3) is 0 Å². The second-order valence-corrected chi connectivity index (χ2v) is 17.9. The summed E-state index contributed by atoms with van der Waals surface area (Å²) in [6, 6.07) is 0.0930. The molecule has 1 aliphatic heterocycles. The number of aliphatic hydroxyl groups is 2. The maximum Gasteiger partial charge on any atom is 0.481 e. The molecule has 28 heteroatoms. The van der Waals surface area contributed by atoms with Crippen LogP contribution in [0.15, 0.2) is 12.7 Å². The number of fused-ring (bicyclic) bond motifs is 1. The van der Waals surface area contributed by atoms with Crippen molar-refractivity contribution < 1.29 is 75.7 Å². The van der Waals surface area contributed by atoms with Gasteiger partial charge in [-0.3, -0.25) is 27.7 Å². The molecule has 3 heterocycles. The van der Waals surface area contributed by atoms with Crippen LogP contribution in [0.3, 0.4) is 0 Å². The van der Waals surface area contributed by atoms with E-state index in [1.165, 1.54) is 13.8 Å². The minimum atomic E-state index is -5.55. The average Bonchev–Trinajstić information content (AvgIpc) is 3.60. The average molecular weight is 839 g/mol. The molecule has 2 aromatic rings. The van der Waals surface area contributed by atoms with Crippen LogP contribution in [-0.4, -0.2) is 129 Å². The maximum atomic E-state index is 12.6. The van der Waals surface area contributed by atoms with Crippen molar-refractivity contribution in [1.82, 2.24) is 30.2 Å². The summed E-state index contributed by atoms with van der Waals surface area (Å²) in [6.45, 7) is 2.75. The fraction of sp³-hybridized carbons (Fsp3) is 0.720. The molecule has 8 atom stereocenters. The highest BCUT2D eigenvalue weighted by Gasteiger charge is 2.50. The van der Waals surface area contributed by atoms with E-state index >= 15 is 0 Å². The first-order valence-corrected chi connectivity index (χ1v) is 21.4. The van der Waals surface area contributed by atoms with Gasteiger partial charge in [-0.25, -0.2) is 28.6 Å². The zero-order valence-electron chi connectivity index (χ0n) is 28.7. The fourth-order valence-electron chi connectivity index (χ4n) is 4.57. The van der Waals surface area contributed by atoms with Crippen molar-refractivity contribution in [1.29, 1.82) is 0 Å². The molecule has 12 N–H and O–H groups in total. The molecule has 1 aliphatic rings. The Morgan fingerprint density at radius 3 is 2.42 bits per heavy atom. The van der Waals surface area contributed by atoms with E-state index in [0.717, 1.165) is 29.4 Å². The molecule has 1 saturated heterocycles. The first kappa shape index (κ1) is 45.2. The fourth-order valence-corrected chi connectivity index (χ4v) is 8.39. The molecule has 3 rings (SSSR count). The topological polar surface area (TPSA) is 373 Å². The molecule has 0 aliphatic carbocycles. The number of hydrogen-bond acceptors (Lipinski definition) is 18. The third-order valence-electron chi connectivity index (χ3n) is 7.36. The minimum Gasteiger partial charge on any atom is -0.386 e. The lowest BCUT2D eigenvalue weighted by molar-refractivity contribution is -0.137. The van der Waals surface area contributed by atoms with E-state index in [2.05, 4.69) is 34.4 Å². The number of imidazole rings is 1. The Bertz CT molecular complexity index is 1700. The van der Waals surface area contributed by atoms with Crippen LogP contribution in [0.2, 0.25) is 0 Å². The van der Waals surface area contributed by atoms with E-state index in [-0.39, 0.29) is 41.9 Å². The van der Waals surface area contributed by atoms with Crippen molar-refractivity contribution in [2.75, 3.05) is 43.5 Å². The summed E-state index contributed by atoms with van der Waals surface area (Å²) in [7, 11) is -16.3. The van der Waals surface area contributed by atoms with E-state index in [1.807, 2.05) is 6.92 Å². The first-order valence-electron chi connectivity index (χ1n) is 15.7. The molecule has 0 bridgehead atoms. The lowest BCUT2D eigenvalue weighted by Crippen LogP contribution is -2.46. The smallest absolute Gasteiger partial charge is 0.386 e. The van der Waals surface area contributed by atoms with Gasteiger partial charge in [-0.2, -0.15) is 16.1 Å². The molecule has 2 amide bonds. The number of hydrogen-bond donors (Lipinski definition) is 10. The number of rotatable bonds is 22. The second kappa shape index (κ2) is 19.1. The number of nitrogens with one attached hydrogen (secondary N) is 2. The van der Waals surface area contributed by atoms with Gasteiger partial charge >= 0.3 is 23.5 Å². The van der Waals surface area contributed by atoms with Gasteiger partial charge in [0, 0.05) is 36.7 Å². The number of aromatic nitrogens is 4. The summed E-state index contributed by atoms with van der Waals surface area (Å²) < 4.78 is 62.0. The Labute approximate surface area is 307 Å². The largest absolute Gasteiger partial charge is 0.481 e. The zero-order valence-corrected chi connectivity index (χ0v) is 32.2. The van der Waals surface area contributed by atoms with Crippen LogP contribution in [-0.2, 0) is 45.9 Å². The van der Waals surface area contributed by atoms with Crippen LogP contribution in [0.4, 0.5) is 5.82 Å². The predicted octanol–water partition coefficient (Wildman–Crippen LogP) is -1.12. The SMILES string of the molecule is CC(N)CCSCCNC(=O)CCNC(=O)C(O)C(C)(C)COP(=O)(O)OP(=O)(O)OC[C@H]1O[C@@H](n2cnc3c(N)ncnc32)[C@H](O)[C@@H]1OP(=O)(O)O. The van der Waals surface area contributed by atoms with Crippen molar-refractivity contribution in [3.8, 4) is 0 Å². The van der Waals surface area contributed by atoms with Crippen LogP contribution in [0.5, 0.6) is 0 Å². The number of ether oxygens (including phenoxy) is 1. The Morgan fingerprint density at radius 2 is 1.75 bits per heavy atom. The third-order valence-corrected chi connectivity index (χ3v) is 11.5. The van der Waals surface area contributed by atoms with Gasteiger partial charge in [-0.15, -0.1) is 0 Å². The summed E-state index contributed by atoms with van der Waals surface area (Å²) in [5.74, 6) is 0.225. The van der Waals surface area contributed by atoms with Crippen LogP contribution in [0, 0.1) is 5.41 Å². The van der Waals surface area contributed by atoms with Gasteiger partial charge < -0.3 is 56.6 Å². The Hall–Kier alpha value is -2.15. The monoisotopic (exact) mass is 838 g/mol. The van der Waals surface area contributed by atoms with Crippen molar-refractivity contribution in [3.63, 3.8) is 0 Å². The summed E-state index contributed by atoms with van der Waals surface area (Å²) in [5.41, 5.74) is 9.99. The molecule has 0 saturated carbocycles. The number of anilines is 1. The number of thioether (sulfide) groups is 1. The van der Waals surface area contributed by atoms with Crippen LogP contribution in [0.1, 0.15) is 39.8 Å². The number of carbonyl (C=O) groups is 2.